The van der Waals surface area contributed by atoms with E-state index in [-0.39, 0.29) is 22.1 Å². The van der Waals surface area contributed by atoms with Gasteiger partial charge in [-0.3, -0.25) is 9.69 Å². The third-order valence-corrected chi connectivity index (χ3v) is 11.0. The van der Waals surface area contributed by atoms with Gasteiger partial charge in [0.05, 0.1) is 8.81 Å². The van der Waals surface area contributed by atoms with Gasteiger partial charge in [-0.15, -0.1) is 11.3 Å². The predicted molar refractivity (Wildman–Crippen MR) is 119 cm³/mol. The molecule has 1 amide bonds. The topological polar surface area (TPSA) is 69.7 Å². The van der Waals surface area contributed by atoms with Gasteiger partial charge in [-0.25, -0.2) is 13.1 Å². The molecule has 2 aliphatic carbocycles. The van der Waals surface area contributed by atoms with Gasteiger partial charge in [0, 0.05) is 44.2 Å². The molecule has 29 heavy (non-hydrogen) atoms. The second-order valence-corrected chi connectivity index (χ2v) is 12.7. The minimum atomic E-state index is -3.60. The van der Waals surface area contributed by atoms with E-state index in [4.69, 9.17) is 11.6 Å². The summed E-state index contributed by atoms with van der Waals surface area (Å²) in [6, 6.07) is 2.21. The van der Waals surface area contributed by atoms with Crippen LogP contribution in [-0.2, 0) is 14.8 Å². The van der Waals surface area contributed by atoms with Crippen molar-refractivity contribution in [3.8, 4) is 0 Å². The van der Waals surface area contributed by atoms with Crippen molar-refractivity contribution in [3.63, 3.8) is 0 Å². The monoisotopic (exact) mass is 523 g/mol. The van der Waals surface area contributed by atoms with Crippen molar-refractivity contribution in [2.24, 2.45) is 5.92 Å². The van der Waals surface area contributed by atoms with E-state index in [2.05, 4.69) is 25.6 Å². The zero-order valence-electron chi connectivity index (χ0n) is 16.3. The number of carbonyl (C=O) groups is 1. The third kappa shape index (κ3) is 5.01. The molecule has 6 nitrogen and oxygen atoms in total. The first kappa shape index (κ1) is 22.0. The van der Waals surface area contributed by atoms with Crippen LogP contribution >= 0.6 is 38.9 Å². The number of hydrogen-bond acceptors (Lipinski definition) is 5. The number of carbonyl (C=O) groups excluding carboxylic acids is 1. The van der Waals surface area contributed by atoms with Crippen LogP contribution < -0.4 is 4.72 Å². The lowest BCUT2D eigenvalue weighted by molar-refractivity contribution is -0.139. The molecule has 0 atom stereocenters. The maximum absolute atomic E-state index is 12.9. The number of piperazine rings is 1. The minimum Gasteiger partial charge on any atom is -0.340 e. The van der Waals surface area contributed by atoms with Crippen LogP contribution in [0.5, 0.6) is 0 Å². The Balaban J connectivity index is 1.26. The molecule has 3 fully saturated rings. The van der Waals surface area contributed by atoms with Crippen molar-refractivity contribution in [3.05, 3.63) is 14.9 Å². The Bertz CT molecular complexity index is 843. The molecular formula is C19H27BrClN3O3S2. The molecule has 2 saturated carbocycles. The summed E-state index contributed by atoms with van der Waals surface area (Å²) < 4.78 is 29.2. The molecule has 162 valence electrons. The van der Waals surface area contributed by atoms with E-state index < -0.39 is 10.0 Å². The standard InChI is InChI=1S/C19H27BrClN3O3S2/c20-16-12-17(21)28-19(16)29(26,27)22-14-6-4-13(5-7-14)18(25)24-10-8-23(9-11-24)15-2-1-3-15/h12-15,22H,1-11H2. The normalized spacial score (nSPS) is 27.0. The highest BCUT2D eigenvalue weighted by Gasteiger charge is 2.35. The highest BCUT2D eigenvalue weighted by Crippen LogP contribution is 2.35. The van der Waals surface area contributed by atoms with Crippen molar-refractivity contribution in [2.45, 2.75) is 61.2 Å². The fourth-order valence-corrected chi connectivity index (χ4v) is 8.89. The molecule has 2 heterocycles. The van der Waals surface area contributed by atoms with Gasteiger partial charge < -0.3 is 4.90 Å². The van der Waals surface area contributed by atoms with Crippen molar-refractivity contribution >= 4 is 54.8 Å². The molecule has 0 spiro atoms. The zero-order chi connectivity index (χ0) is 20.6. The number of amides is 1. The summed E-state index contributed by atoms with van der Waals surface area (Å²) >= 11 is 10.2. The van der Waals surface area contributed by atoms with Gasteiger partial charge in [0.15, 0.2) is 4.21 Å². The van der Waals surface area contributed by atoms with Gasteiger partial charge in [0.1, 0.15) is 0 Å². The van der Waals surface area contributed by atoms with Crippen LogP contribution in [0, 0.1) is 5.92 Å². The van der Waals surface area contributed by atoms with E-state index in [0.717, 1.165) is 56.4 Å². The molecule has 0 bridgehead atoms. The lowest BCUT2D eigenvalue weighted by Crippen LogP contribution is -2.54. The highest BCUT2D eigenvalue weighted by atomic mass is 79.9. The van der Waals surface area contributed by atoms with Gasteiger partial charge >= 0.3 is 0 Å². The summed E-state index contributed by atoms with van der Waals surface area (Å²) in [4.78, 5) is 17.5. The Morgan fingerprint density at radius 2 is 1.76 bits per heavy atom. The molecule has 1 aromatic rings. The van der Waals surface area contributed by atoms with Gasteiger partial charge in [-0.1, -0.05) is 18.0 Å². The first-order chi connectivity index (χ1) is 13.8. The minimum absolute atomic E-state index is 0.0222. The van der Waals surface area contributed by atoms with Crippen LogP contribution in [0.25, 0.3) is 0 Å². The van der Waals surface area contributed by atoms with Crippen LogP contribution in [0.15, 0.2) is 14.7 Å². The fraction of sp³-hybridized carbons (Fsp3) is 0.737. The fourth-order valence-electron chi connectivity index (χ4n) is 4.56. The van der Waals surface area contributed by atoms with Gasteiger partial charge in [-0.2, -0.15) is 0 Å². The smallest absolute Gasteiger partial charge is 0.251 e. The molecule has 1 saturated heterocycles. The maximum atomic E-state index is 12.9. The van der Waals surface area contributed by atoms with E-state index in [9.17, 15) is 13.2 Å². The summed E-state index contributed by atoms with van der Waals surface area (Å²) in [6.45, 7) is 3.64. The van der Waals surface area contributed by atoms with Crippen LogP contribution in [0.2, 0.25) is 4.34 Å². The zero-order valence-corrected chi connectivity index (χ0v) is 20.3. The van der Waals surface area contributed by atoms with E-state index in [1.807, 2.05) is 4.90 Å². The van der Waals surface area contributed by atoms with E-state index >= 15 is 0 Å². The predicted octanol–water partition coefficient (Wildman–Crippen LogP) is 3.70. The van der Waals surface area contributed by atoms with Crippen LogP contribution in [-0.4, -0.2) is 62.4 Å². The summed E-state index contributed by atoms with van der Waals surface area (Å²) in [5, 5.41) is 0. The summed E-state index contributed by atoms with van der Waals surface area (Å²) in [5.74, 6) is 0.279. The average Bonchev–Trinajstić information content (AvgIpc) is 3.00. The van der Waals surface area contributed by atoms with Crippen LogP contribution in [0.4, 0.5) is 0 Å². The van der Waals surface area contributed by atoms with E-state index in [1.165, 1.54) is 19.3 Å². The molecule has 0 radical (unpaired) electrons. The number of rotatable bonds is 5. The van der Waals surface area contributed by atoms with Crippen molar-refractivity contribution < 1.29 is 13.2 Å². The second kappa shape index (κ2) is 9.12. The second-order valence-electron chi connectivity index (χ2n) is 8.30. The van der Waals surface area contributed by atoms with Crippen molar-refractivity contribution in [1.82, 2.24) is 14.5 Å². The molecule has 0 unspecified atom stereocenters. The van der Waals surface area contributed by atoms with E-state index in [0.29, 0.717) is 21.7 Å². The largest absolute Gasteiger partial charge is 0.340 e. The first-order valence-electron chi connectivity index (χ1n) is 10.3. The molecule has 3 aliphatic rings. The molecule has 1 N–H and O–H groups in total. The summed E-state index contributed by atoms with van der Waals surface area (Å²) in [6.07, 6.45) is 6.81. The Morgan fingerprint density at radius 1 is 1.10 bits per heavy atom. The Labute approximate surface area is 190 Å². The number of thiophene rings is 1. The number of hydrogen-bond donors (Lipinski definition) is 1. The van der Waals surface area contributed by atoms with Crippen molar-refractivity contribution in [1.29, 1.82) is 0 Å². The molecule has 1 aromatic heterocycles. The quantitative estimate of drug-likeness (QED) is 0.638. The SMILES string of the molecule is O=C(C1CCC(NS(=O)(=O)c2sc(Cl)cc2Br)CC1)N1CCN(C2CCC2)CC1. The highest BCUT2D eigenvalue weighted by molar-refractivity contribution is 9.10. The maximum Gasteiger partial charge on any atom is 0.251 e. The van der Waals surface area contributed by atoms with Crippen LogP contribution in [0.1, 0.15) is 44.9 Å². The number of sulfonamides is 1. The molecule has 0 aromatic carbocycles. The Morgan fingerprint density at radius 3 is 2.28 bits per heavy atom. The third-order valence-electron chi connectivity index (χ3n) is 6.48. The molecule has 1 aliphatic heterocycles. The first-order valence-corrected chi connectivity index (χ1v) is 13.8. The summed E-state index contributed by atoms with van der Waals surface area (Å²) in [7, 11) is -3.60. The lowest BCUT2D eigenvalue weighted by Gasteiger charge is -2.44. The molecule has 10 heteroatoms. The van der Waals surface area contributed by atoms with Gasteiger partial charge in [0.2, 0.25) is 5.91 Å². The van der Waals surface area contributed by atoms with Gasteiger partial charge in [-0.05, 0) is 60.5 Å². The van der Waals surface area contributed by atoms with Crippen LogP contribution in [0.3, 0.4) is 0 Å². The lowest BCUT2D eigenvalue weighted by atomic mass is 9.85. The Hall–Kier alpha value is -0.190. The average molecular weight is 525 g/mol. The van der Waals surface area contributed by atoms with Crippen molar-refractivity contribution in [2.75, 3.05) is 26.2 Å². The molecule has 4 rings (SSSR count). The number of nitrogens with zero attached hydrogens (tertiary/aromatic N) is 2. The van der Waals surface area contributed by atoms with E-state index in [1.54, 1.807) is 6.07 Å². The van der Waals surface area contributed by atoms with Gasteiger partial charge in [0.25, 0.3) is 10.0 Å². The number of halogens is 2. The Kier molecular flexibility index (Phi) is 6.93. The summed E-state index contributed by atoms with van der Waals surface area (Å²) in [5.41, 5.74) is 0. The number of nitrogens with one attached hydrogen (secondary N) is 1. The molecular weight excluding hydrogens is 498 g/mol.